The summed E-state index contributed by atoms with van der Waals surface area (Å²) in [7, 11) is 0. The molecule has 0 saturated heterocycles. The fraction of sp³-hybridized carbons (Fsp3) is 0.233. The molecule has 0 aliphatic rings. The van der Waals surface area contributed by atoms with Crippen molar-refractivity contribution in [1.29, 1.82) is 0 Å². The Morgan fingerprint density at radius 3 is 2.26 bits per heavy atom. The van der Waals surface area contributed by atoms with Crippen molar-refractivity contribution < 1.29 is 28.6 Å². The molecule has 8 nitrogen and oxygen atoms in total. The molecule has 4 aromatic rings. The Morgan fingerprint density at radius 2 is 1.61 bits per heavy atom. The average Bonchev–Trinajstić information content (AvgIpc) is 3.32. The molecule has 1 atom stereocenters. The van der Waals surface area contributed by atoms with Gasteiger partial charge in [-0.25, -0.2) is 14.6 Å². The van der Waals surface area contributed by atoms with Gasteiger partial charge in [0, 0.05) is 18.5 Å². The van der Waals surface area contributed by atoms with E-state index in [1.807, 2.05) is 67.6 Å². The standard InChI is InChI=1S/C30H30N2O6/c1-21(29(33)34)32(30(35)37-20-24-9-5-3-6-10-24)19-23-13-15-26(16-14-23)36-18-17-27-22(2)38-28(31-27)25-11-7-4-8-12-25/h3-16,21H,17-20H2,1-2H3,(H,33,34). The van der Waals surface area contributed by atoms with E-state index in [4.69, 9.17) is 13.9 Å². The highest BCUT2D eigenvalue weighted by Gasteiger charge is 2.27. The van der Waals surface area contributed by atoms with E-state index < -0.39 is 18.1 Å². The van der Waals surface area contributed by atoms with Crippen molar-refractivity contribution in [2.75, 3.05) is 6.61 Å². The number of oxazole rings is 1. The molecule has 0 aliphatic heterocycles. The number of carbonyl (C=O) groups is 2. The maximum Gasteiger partial charge on any atom is 0.411 e. The molecule has 1 aromatic heterocycles. The third-order valence-electron chi connectivity index (χ3n) is 6.06. The molecule has 8 heteroatoms. The minimum absolute atomic E-state index is 0.0626. The number of rotatable bonds is 11. The lowest BCUT2D eigenvalue weighted by atomic mass is 10.2. The van der Waals surface area contributed by atoms with E-state index in [9.17, 15) is 14.7 Å². The van der Waals surface area contributed by atoms with Crippen molar-refractivity contribution in [2.24, 2.45) is 0 Å². The number of carboxylic acid groups (broad SMARTS) is 1. The van der Waals surface area contributed by atoms with Gasteiger partial charge in [0.25, 0.3) is 0 Å². The lowest BCUT2D eigenvalue weighted by Crippen LogP contribution is -2.43. The molecule has 1 heterocycles. The number of carbonyl (C=O) groups excluding carboxylic acids is 1. The highest BCUT2D eigenvalue weighted by molar-refractivity contribution is 5.79. The SMILES string of the molecule is Cc1oc(-c2ccccc2)nc1CCOc1ccc(CN(C(=O)OCc2ccccc2)C(C)C(=O)O)cc1. The van der Waals surface area contributed by atoms with Crippen LogP contribution in [0.2, 0.25) is 0 Å². The number of amides is 1. The summed E-state index contributed by atoms with van der Waals surface area (Å²) in [5.41, 5.74) is 3.34. The van der Waals surface area contributed by atoms with Gasteiger partial charge in [0.2, 0.25) is 5.89 Å². The van der Waals surface area contributed by atoms with Gasteiger partial charge in [0.05, 0.1) is 12.3 Å². The smallest absolute Gasteiger partial charge is 0.411 e. The summed E-state index contributed by atoms with van der Waals surface area (Å²) in [4.78, 5) is 30.1. The zero-order valence-corrected chi connectivity index (χ0v) is 21.4. The van der Waals surface area contributed by atoms with Crippen molar-refractivity contribution in [1.82, 2.24) is 9.88 Å². The zero-order valence-electron chi connectivity index (χ0n) is 21.4. The second kappa shape index (κ2) is 12.6. The number of carboxylic acids is 1. The highest BCUT2D eigenvalue weighted by Crippen LogP contribution is 2.22. The molecule has 38 heavy (non-hydrogen) atoms. The van der Waals surface area contributed by atoms with E-state index in [1.165, 1.54) is 11.8 Å². The molecule has 0 fully saturated rings. The molecule has 3 aromatic carbocycles. The van der Waals surface area contributed by atoms with Crippen LogP contribution in [0.25, 0.3) is 11.5 Å². The van der Waals surface area contributed by atoms with E-state index in [2.05, 4.69) is 4.98 Å². The van der Waals surface area contributed by atoms with Crippen molar-refractivity contribution in [2.45, 2.75) is 39.5 Å². The maximum atomic E-state index is 12.7. The van der Waals surface area contributed by atoms with Gasteiger partial charge in [0.15, 0.2) is 0 Å². The normalized spacial score (nSPS) is 11.5. The first-order valence-corrected chi connectivity index (χ1v) is 12.3. The second-order valence-corrected chi connectivity index (χ2v) is 8.81. The van der Waals surface area contributed by atoms with Gasteiger partial charge in [-0.05, 0) is 49.2 Å². The number of aromatic nitrogens is 1. The summed E-state index contributed by atoms with van der Waals surface area (Å²) in [5, 5.41) is 9.50. The Kier molecular flexibility index (Phi) is 8.77. The van der Waals surface area contributed by atoms with Crippen LogP contribution in [-0.4, -0.2) is 39.7 Å². The van der Waals surface area contributed by atoms with Crippen molar-refractivity contribution in [3.63, 3.8) is 0 Å². The van der Waals surface area contributed by atoms with Crippen LogP contribution in [0.15, 0.2) is 89.3 Å². The zero-order chi connectivity index (χ0) is 26.9. The number of benzene rings is 3. The monoisotopic (exact) mass is 514 g/mol. The largest absolute Gasteiger partial charge is 0.493 e. The van der Waals surface area contributed by atoms with Crippen molar-refractivity contribution in [3.05, 3.63) is 108 Å². The van der Waals surface area contributed by atoms with E-state index in [-0.39, 0.29) is 13.2 Å². The third kappa shape index (κ3) is 7.00. The molecule has 4 rings (SSSR count). The third-order valence-corrected chi connectivity index (χ3v) is 6.06. The summed E-state index contributed by atoms with van der Waals surface area (Å²) in [6.07, 6.45) is -0.108. The number of nitrogens with zero attached hydrogens (tertiary/aromatic N) is 2. The van der Waals surface area contributed by atoms with Gasteiger partial charge in [-0.3, -0.25) is 4.90 Å². The lowest BCUT2D eigenvalue weighted by Gasteiger charge is -2.26. The first kappa shape index (κ1) is 26.5. The number of ether oxygens (including phenoxy) is 2. The van der Waals surface area contributed by atoms with Crippen molar-refractivity contribution >= 4 is 12.1 Å². The second-order valence-electron chi connectivity index (χ2n) is 8.81. The highest BCUT2D eigenvalue weighted by atomic mass is 16.6. The minimum atomic E-state index is -1.11. The van der Waals surface area contributed by atoms with Crippen LogP contribution >= 0.6 is 0 Å². The van der Waals surface area contributed by atoms with E-state index >= 15 is 0 Å². The number of hydrogen-bond donors (Lipinski definition) is 1. The Hall–Kier alpha value is -4.59. The van der Waals surface area contributed by atoms with Gasteiger partial charge in [-0.1, -0.05) is 60.7 Å². The van der Waals surface area contributed by atoms with Crippen LogP contribution in [0.5, 0.6) is 5.75 Å². The van der Waals surface area contributed by atoms with E-state index in [0.29, 0.717) is 24.7 Å². The van der Waals surface area contributed by atoms with Gasteiger partial charge < -0.3 is 19.0 Å². The quantitative estimate of drug-likeness (QED) is 0.266. The van der Waals surface area contributed by atoms with Crippen LogP contribution in [0.1, 0.15) is 29.5 Å². The summed E-state index contributed by atoms with van der Waals surface area (Å²) >= 11 is 0. The summed E-state index contributed by atoms with van der Waals surface area (Å²) in [6.45, 7) is 3.90. The predicted molar refractivity (Wildman–Crippen MR) is 142 cm³/mol. The summed E-state index contributed by atoms with van der Waals surface area (Å²) in [6, 6.07) is 25.1. The molecule has 1 unspecified atom stereocenters. The molecule has 0 bridgehead atoms. The van der Waals surface area contributed by atoms with Gasteiger partial charge in [-0.15, -0.1) is 0 Å². The summed E-state index contributed by atoms with van der Waals surface area (Å²) < 4.78 is 17.1. The molecule has 196 valence electrons. The maximum absolute atomic E-state index is 12.7. The predicted octanol–water partition coefficient (Wildman–Crippen LogP) is 5.88. The molecule has 1 N–H and O–H groups in total. The molecule has 1 amide bonds. The first-order valence-electron chi connectivity index (χ1n) is 12.3. The van der Waals surface area contributed by atoms with Gasteiger partial charge >= 0.3 is 12.1 Å². The molecule has 0 radical (unpaired) electrons. The fourth-order valence-corrected chi connectivity index (χ4v) is 3.81. The molecular weight excluding hydrogens is 484 g/mol. The van der Waals surface area contributed by atoms with E-state index in [1.54, 1.807) is 24.3 Å². The number of hydrogen-bond acceptors (Lipinski definition) is 6. The Labute approximate surface area is 221 Å². The van der Waals surface area contributed by atoms with E-state index in [0.717, 1.165) is 28.1 Å². The Morgan fingerprint density at radius 1 is 0.947 bits per heavy atom. The lowest BCUT2D eigenvalue weighted by molar-refractivity contribution is -0.142. The topological polar surface area (TPSA) is 102 Å². The molecule has 0 aliphatic carbocycles. The Bertz CT molecular complexity index is 1340. The molecular formula is C30H30N2O6. The van der Waals surface area contributed by atoms with Crippen LogP contribution in [0, 0.1) is 6.92 Å². The molecule has 0 spiro atoms. The van der Waals surface area contributed by atoms with Gasteiger partial charge in [0.1, 0.15) is 24.2 Å². The number of aryl methyl sites for hydroxylation is 1. The minimum Gasteiger partial charge on any atom is -0.493 e. The van der Waals surface area contributed by atoms with Crippen LogP contribution in [-0.2, 0) is 29.1 Å². The van der Waals surface area contributed by atoms with Crippen LogP contribution in [0.3, 0.4) is 0 Å². The summed E-state index contributed by atoms with van der Waals surface area (Å²) in [5.74, 6) is 0.891. The Balaban J connectivity index is 1.32. The molecule has 0 saturated carbocycles. The van der Waals surface area contributed by atoms with Gasteiger partial charge in [-0.2, -0.15) is 0 Å². The first-order chi connectivity index (χ1) is 18.4. The fourth-order valence-electron chi connectivity index (χ4n) is 3.81. The van der Waals surface area contributed by atoms with Crippen molar-refractivity contribution in [3.8, 4) is 17.2 Å². The average molecular weight is 515 g/mol. The van der Waals surface area contributed by atoms with Crippen LogP contribution in [0.4, 0.5) is 4.79 Å². The number of aliphatic carboxylic acids is 1. The van der Waals surface area contributed by atoms with Crippen LogP contribution < -0.4 is 4.74 Å².